The molecule has 2 saturated heterocycles. The van der Waals surface area contributed by atoms with Crippen molar-refractivity contribution in [1.29, 1.82) is 0 Å². The average molecular weight is 533 g/mol. The van der Waals surface area contributed by atoms with Gasteiger partial charge >= 0.3 is 0 Å². The van der Waals surface area contributed by atoms with Crippen molar-refractivity contribution in [2.24, 2.45) is 11.7 Å². The van der Waals surface area contributed by atoms with Crippen LogP contribution in [0.2, 0.25) is 0 Å². The summed E-state index contributed by atoms with van der Waals surface area (Å²) in [7, 11) is 0. The minimum atomic E-state index is -0.843. The number of rotatable bonds is 6. The lowest BCUT2D eigenvalue weighted by atomic mass is 9.84. The second-order valence-electron chi connectivity index (χ2n) is 9.77. The SMILES string of the molecule is CC(=O)N1C(C(=O)NC(Cc2ccc(Br)cc2)C(=O)N2CCCC2C(N)=O)CC2CCCCC21. The maximum atomic E-state index is 13.6. The van der Waals surface area contributed by atoms with E-state index in [4.69, 9.17) is 5.73 Å². The topological polar surface area (TPSA) is 113 Å². The summed E-state index contributed by atoms with van der Waals surface area (Å²) < 4.78 is 0.919. The number of carbonyl (C=O) groups excluding carboxylic acids is 4. The molecule has 3 aliphatic rings. The summed E-state index contributed by atoms with van der Waals surface area (Å²) in [5, 5.41) is 2.96. The number of nitrogens with zero attached hydrogens (tertiary/aromatic N) is 2. The highest BCUT2D eigenvalue weighted by Crippen LogP contribution is 2.39. The highest BCUT2D eigenvalue weighted by molar-refractivity contribution is 9.10. The molecule has 3 N–H and O–H groups in total. The lowest BCUT2D eigenvalue weighted by molar-refractivity contribution is -0.143. The average Bonchev–Trinajstić information content (AvgIpc) is 3.45. The predicted octanol–water partition coefficient (Wildman–Crippen LogP) is 2.13. The normalized spacial score (nSPS) is 27.2. The Bertz CT molecular complexity index is 953. The maximum absolute atomic E-state index is 13.6. The van der Waals surface area contributed by atoms with Crippen LogP contribution in [0.25, 0.3) is 0 Å². The van der Waals surface area contributed by atoms with Gasteiger partial charge in [0.2, 0.25) is 23.6 Å². The van der Waals surface area contributed by atoms with Crippen molar-refractivity contribution in [1.82, 2.24) is 15.1 Å². The van der Waals surface area contributed by atoms with E-state index in [-0.39, 0.29) is 23.8 Å². The number of hydrogen-bond donors (Lipinski definition) is 2. The van der Waals surface area contributed by atoms with Crippen LogP contribution in [0.5, 0.6) is 0 Å². The molecule has 1 aromatic rings. The van der Waals surface area contributed by atoms with Gasteiger partial charge in [-0.05, 0) is 55.7 Å². The Morgan fingerprint density at radius 3 is 2.44 bits per heavy atom. The Balaban J connectivity index is 1.56. The molecule has 0 spiro atoms. The summed E-state index contributed by atoms with van der Waals surface area (Å²) >= 11 is 3.42. The molecule has 1 aliphatic carbocycles. The van der Waals surface area contributed by atoms with Gasteiger partial charge in [-0.2, -0.15) is 0 Å². The van der Waals surface area contributed by atoms with E-state index in [0.29, 0.717) is 38.1 Å². The molecule has 4 rings (SSSR count). The van der Waals surface area contributed by atoms with Crippen LogP contribution in [0.1, 0.15) is 57.4 Å². The molecule has 2 heterocycles. The molecule has 34 heavy (non-hydrogen) atoms. The maximum Gasteiger partial charge on any atom is 0.246 e. The monoisotopic (exact) mass is 532 g/mol. The van der Waals surface area contributed by atoms with Gasteiger partial charge < -0.3 is 20.9 Å². The largest absolute Gasteiger partial charge is 0.368 e. The summed E-state index contributed by atoms with van der Waals surface area (Å²) in [4.78, 5) is 54.7. The molecule has 8 nitrogen and oxygen atoms in total. The van der Waals surface area contributed by atoms with Crippen molar-refractivity contribution >= 4 is 39.6 Å². The molecule has 0 bridgehead atoms. The Morgan fingerprint density at radius 2 is 1.76 bits per heavy atom. The van der Waals surface area contributed by atoms with Crippen molar-refractivity contribution in [2.45, 2.75) is 82.5 Å². The number of halogens is 1. The second kappa shape index (κ2) is 10.5. The first kappa shape index (κ1) is 24.7. The van der Waals surface area contributed by atoms with Crippen LogP contribution in [-0.2, 0) is 25.6 Å². The lowest BCUT2D eigenvalue weighted by Crippen LogP contribution is -2.57. The number of carbonyl (C=O) groups is 4. The van der Waals surface area contributed by atoms with Crippen LogP contribution >= 0.6 is 15.9 Å². The van der Waals surface area contributed by atoms with E-state index < -0.39 is 24.0 Å². The van der Waals surface area contributed by atoms with E-state index in [9.17, 15) is 19.2 Å². The van der Waals surface area contributed by atoms with Crippen molar-refractivity contribution in [3.63, 3.8) is 0 Å². The third kappa shape index (κ3) is 5.14. The number of fused-ring (bicyclic) bond motifs is 1. The molecule has 1 saturated carbocycles. The van der Waals surface area contributed by atoms with Gasteiger partial charge in [0.1, 0.15) is 18.1 Å². The standard InChI is InChI=1S/C25H33BrN4O4/c1-15(31)30-20-6-3-2-5-17(20)14-22(30)24(33)28-19(13-16-8-10-18(26)11-9-16)25(34)29-12-4-7-21(29)23(27)32/h8-11,17,19-22H,2-7,12-14H2,1H3,(H2,27,32)(H,28,33). The van der Waals surface area contributed by atoms with Crippen molar-refractivity contribution in [3.05, 3.63) is 34.3 Å². The smallest absolute Gasteiger partial charge is 0.246 e. The third-order valence-corrected chi connectivity index (χ3v) is 8.11. The van der Waals surface area contributed by atoms with Crippen molar-refractivity contribution < 1.29 is 19.2 Å². The van der Waals surface area contributed by atoms with E-state index >= 15 is 0 Å². The molecule has 1 aromatic carbocycles. The highest BCUT2D eigenvalue weighted by atomic mass is 79.9. The first-order valence-corrected chi connectivity index (χ1v) is 13.0. The molecule has 0 aromatic heterocycles. The molecule has 5 unspecified atom stereocenters. The Morgan fingerprint density at radius 1 is 1.06 bits per heavy atom. The quantitative estimate of drug-likeness (QED) is 0.584. The molecule has 0 radical (unpaired) electrons. The lowest BCUT2D eigenvalue weighted by Gasteiger charge is -2.33. The molecule has 184 valence electrons. The van der Waals surface area contributed by atoms with Gasteiger partial charge in [-0.25, -0.2) is 0 Å². The van der Waals surface area contributed by atoms with Gasteiger partial charge in [0.25, 0.3) is 0 Å². The molecular formula is C25H33BrN4O4. The minimum Gasteiger partial charge on any atom is -0.368 e. The number of benzene rings is 1. The van der Waals surface area contributed by atoms with Crippen molar-refractivity contribution in [3.8, 4) is 0 Å². The zero-order valence-electron chi connectivity index (χ0n) is 19.5. The summed E-state index contributed by atoms with van der Waals surface area (Å²) in [6.45, 7) is 1.95. The van der Waals surface area contributed by atoms with Crippen LogP contribution < -0.4 is 11.1 Å². The zero-order chi connectivity index (χ0) is 24.4. The number of hydrogen-bond acceptors (Lipinski definition) is 4. The Kier molecular flexibility index (Phi) is 7.60. The van der Waals surface area contributed by atoms with Gasteiger partial charge in [-0.1, -0.05) is 40.9 Å². The number of primary amides is 1. The van der Waals surface area contributed by atoms with Gasteiger partial charge in [0.05, 0.1) is 0 Å². The van der Waals surface area contributed by atoms with Crippen LogP contribution in [-0.4, -0.2) is 64.1 Å². The van der Waals surface area contributed by atoms with E-state index in [2.05, 4.69) is 21.2 Å². The fraction of sp³-hybridized carbons (Fsp3) is 0.600. The molecular weight excluding hydrogens is 500 g/mol. The van der Waals surface area contributed by atoms with Crippen LogP contribution in [0.4, 0.5) is 0 Å². The van der Waals surface area contributed by atoms with Crippen LogP contribution in [0, 0.1) is 5.92 Å². The highest BCUT2D eigenvalue weighted by Gasteiger charge is 2.47. The van der Waals surface area contributed by atoms with E-state index in [1.165, 1.54) is 11.8 Å². The molecule has 5 atom stereocenters. The van der Waals surface area contributed by atoms with Crippen LogP contribution in [0.3, 0.4) is 0 Å². The van der Waals surface area contributed by atoms with Gasteiger partial charge in [-0.3, -0.25) is 19.2 Å². The zero-order valence-corrected chi connectivity index (χ0v) is 21.1. The van der Waals surface area contributed by atoms with Crippen molar-refractivity contribution in [2.75, 3.05) is 6.54 Å². The summed E-state index contributed by atoms with van der Waals surface area (Å²) in [6, 6.07) is 5.61. The van der Waals surface area contributed by atoms with Gasteiger partial charge in [0.15, 0.2) is 0 Å². The summed E-state index contributed by atoms with van der Waals surface area (Å²) in [5.41, 5.74) is 6.43. The van der Waals surface area contributed by atoms with Gasteiger partial charge in [0, 0.05) is 30.4 Å². The van der Waals surface area contributed by atoms with E-state index in [1.807, 2.05) is 24.3 Å². The van der Waals surface area contributed by atoms with Gasteiger partial charge in [-0.15, -0.1) is 0 Å². The number of nitrogens with one attached hydrogen (secondary N) is 1. The Labute approximate surface area is 208 Å². The number of amides is 4. The molecule has 9 heteroatoms. The summed E-state index contributed by atoms with van der Waals surface area (Å²) in [6.07, 6.45) is 6.27. The second-order valence-corrected chi connectivity index (χ2v) is 10.7. The predicted molar refractivity (Wildman–Crippen MR) is 130 cm³/mol. The Hall–Kier alpha value is -2.42. The fourth-order valence-corrected chi connectivity index (χ4v) is 6.26. The number of likely N-dealkylation sites (tertiary alicyclic amines) is 2. The van der Waals surface area contributed by atoms with E-state index in [0.717, 1.165) is 35.7 Å². The molecule has 2 aliphatic heterocycles. The first-order valence-electron chi connectivity index (χ1n) is 12.2. The third-order valence-electron chi connectivity index (χ3n) is 7.59. The minimum absolute atomic E-state index is 0.0976. The number of nitrogens with two attached hydrogens (primary N) is 1. The van der Waals surface area contributed by atoms with E-state index in [1.54, 1.807) is 4.90 Å². The summed E-state index contributed by atoms with van der Waals surface area (Å²) in [5.74, 6) is -0.898. The van der Waals surface area contributed by atoms with Crippen LogP contribution in [0.15, 0.2) is 28.7 Å². The molecule has 3 fully saturated rings. The molecule has 4 amide bonds. The first-order chi connectivity index (χ1) is 16.3. The fourth-order valence-electron chi connectivity index (χ4n) is 6.00.